The van der Waals surface area contributed by atoms with Gasteiger partial charge < -0.3 is 10.0 Å². The number of anilines is 1. The summed E-state index contributed by atoms with van der Waals surface area (Å²) in [5.41, 5.74) is 2.33. The molecule has 0 spiro atoms. The maximum absolute atomic E-state index is 10.7. The molecular weight excluding hydrogens is 214 g/mol. The average molecular weight is 235 g/mol. The van der Waals surface area contributed by atoms with Crippen LogP contribution in [0.4, 0.5) is 5.69 Å². The van der Waals surface area contributed by atoms with E-state index in [9.17, 15) is 4.79 Å². The zero-order valence-electron chi connectivity index (χ0n) is 10.8. The smallest absolute Gasteiger partial charge is 0.305 e. The van der Waals surface area contributed by atoms with Crippen molar-refractivity contribution in [1.82, 2.24) is 0 Å². The summed E-state index contributed by atoms with van der Waals surface area (Å²) in [4.78, 5) is 12.8. The van der Waals surface area contributed by atoms with E-state index in [0.29, 0.717) is 12.5 Å². The van der Waals surface area contributed by atoms with Gasteiger partial charge in [-0.25, -0.2) is 0 Å². The molecule has 0 aliphatic rings. The third-order valence-electron chi connectivity index (χ3n) is 2.64. The zero-order chi connectivity index (χ0) is 12.8. The van der Waals surface area contributed by atoms with Crippen LogP contribution in [-0.2, 0) is 4.79 Å². The van der Waals surface area contributed by atoms with Crippen LogP contribution in [0, 0.1) is 12.8 Å². The van der Waals surface area contributed by atoms with Crippen LogP contribution in [0.15, 0.2) is 24.3 Å². The lowest BCUT2D eigenvalue weighted by Crippen LogP contribution is -2.30. The molecule has 0 aliphatic carbocycles. The first-order valence-corrected chi connectivity index (χ1v) is 6.03. The minimum absolute atomic E-state index is 0.182. The third kappa shape index (κ3) is 4.47. The Labute approximate surface area is 103 Å². The van der Waals surface area contributed by atoms with Gasteiger partial charge >= 0.3 is 5.97 Å². The molecule has 0 radical (unpaired) electrons. The van der Waals surface area contributed by atoms with E-state index in [0.717, 1.165) is 12.2 Å². The van der Waals surface area contributed by atoms with Gasteiger partial charge in [-0.3, -0.25) is 4.79 Å². The minimum Gasteiger partial charge on any atom is -0.481 e. The van der Waals surface area contributed by atoms with Gasteiger partial charge in [-0.05, 0) is 24.5 Å². The fourth-order valence-electron chi connectivity index (χ4n) is 1.90. The van der Waals surface area contributed by atoms with Crippen LogP contribution in [0.2, 0.25) is 0 Å². The number of hydrogen-bond donors (Lipinski definition) is 1. The first-order valence-electron chi connectivity index (χ1n) is 6.03. The standard InChI is InChI=1S/C14H21NO2/c1-11(2)10-15(9-8-14(16)17)13-7-5-4-6-12(13)3/h4-7,11H,8-10H2,1-3H3,(H,16,17). The summed E-state index contributed by atoms with van der Waals surface area (Å²) in [6, 6.07) is 8.11. The topological polar surface area (TPSA) is 40.5 Å². The Hall–Kier alpha value is -1.51. The lowest BCUT2D eigenvalue weighted by molar-refractivity contribution is -0.136. The molecule has 0 amide bonds. The fraction of sp³-hybridized carbons (Fsp3) is 0.500. The van der Waals surface area contributed by atoms with Crippen LogP contribution in [0.25, 0.3) is 0 Å². The Morgan fingerprint density at radius 2 is 2.00 bits per heavy atom. The van der Waals surface area contributed by atoms with E-state index < -0.39 is 5.97 Å². The summed E-state index contributed by atoms with van der Waals surface area (Å²) < 4.78 is 0. The van der Waals surface area contributed by atoms with E-state index >= 15 is 0 Å². The van der Waals surface area contributed by atoms with Gasteiger partial charge in [-0.2, -0.15) is 0 Å². The minimum atomic E-state index is -0.743. The van der Waals surface area contributed by atoms with Crippen molar-refractivity contribution in [2.24, 2.45) is 5.92 Å². The van der Waals surface area contributed by atoms with Crippen molar-refractivity contribution in [2.75, 3.05) is 18.0 Å². The first kappa shape index (κ1) is 13.6. The zero-order valence-corrected chi connectivity index (χ0v) is 10.8. The quantitative estimate of drug-likeness (QED) is 0.824. The molecule has 0 aromatic heterocycles. The maximum atomic E-state index is 10.7. The van der Waals surface area contributed by atoms with Crippen LogP contribution in [0.5, 0.6) is 0 Å². The van der Waals surface area contributed by atoms with E-state index in [-0.39, 0.29) is 6.42 Å². The molecule has 0 saturated heterocycles. The van der Waals surface area contributed by atoms with E-state index in [1.54, 1.807) is 0 Å². The number of carbonyl (C=O) groups is 1. The number of hydrogen-bond acceptors (Lipinski definition) is 2. The lowest BCUT2D eigenvalue weighted by atomic mass is 10.1. The van der Waals surface area contributed by atoms with E-state index in [4.69, 9.17) is 5.11 Å². The van der Waals surface area contributed by atoms with E-state index in [1.807, 2.05) is 12.1 Å². The number of aliphatic carboxylic acids is 1. The normalized spacial score (nSPS) is 10.6. The molecule has 0 saturated carbocycles. The lowest BCUT2D eigenvalue weighted by Gasteiger charge is -2.27. The summed E-state index contributed by atoms with van der Waals surface area (Å²) >= 11 is 0. The molecular formula is C14H21NO2. The predicted molar refractivity (Wildman–Crippen MR) is 70.5 cm³/mol. The van der Waals surface area contributed by atoms with Crippen molar-refractivity contribution in [3.05, 3.63) is 29.8 Å². The summed E-state index contributed by atoms with van der Waals surface area (Å²) in [6.07, 6.45) is 0.182. The second-order valence-corrected chi connectivity index (χ2v) is 4.77. The van der Waals surface area contributed by atoms with Gasteiger partial charge in [0.05, 0.1) is 6.42 Å². The fourth-order valence-corrected chi connectivity index (χ4v) is 1.90. The van der Waals surface area contributed by atoms with Crippen molar-refractivity contribution >= 4 is 11.7 Å². The van der Waals surface area contributed by atoms with Crippen molar-refractivity contribution in [3.8, 4) is 0 Å². The van der Waals surface area contributed by atoms with Crippen LogP contribution in [0.3, 0.4) is 0 Å². The van der Waals surface area contributed by atoms with Gasteiger partial charge in [0.25, 0.3) is 0 Å². The molecule has 0 fully saturated rings. The molecule has 94 valence electrons. The summed E-state index contributed by atoms with van der Waals surface area (Å²) in [5, 5.41) is 8.79. The first-order chi connectivity index (χ1) is 8.00. The van der Waals surface area contributed by atoms with E-state index in [2.05, 4.69) is 37.8 Å². The monoisotopic (exact) mass is 235 g/mol. The molecule has 0 aliphatic heterocycles. The molecule has 1 aromatic rings. The number of rotatable bonds is 6. The highest BCUT2D eigenvalue weighted by Crippen LogP contribution is 2.20. The second kappa shape index (κ2) is 6.28. The predicted octanol–water partition coefficient (Wildman–Crippen LogP) is 2.93. The van der Waals surface area contributed by atoms with Gasteiger partial charge in [0.15, 0.2) is 0 Å². The third-order valence-corrected chi connectivity index (χ3v) is 2.64. The van der Waals surface area contributed by atoms with Gasteiger partial charge in [0.1, 0.15) is 0 Å². The number of para-hydroxylation sites is 1. The summed E-state index contributed by atoms with van der Waals surface area (Å²) in [6.45, 7) is 7.80. The number of carboxylic acid groups (broad SMARTS) is 1. The Bertz CT molecular complexity index is 374. The number of benzene rings is 1. The SMILES string of the molecule is Cc1ccccc1N(CCC(=O)O)CC(C)C. The second-order valence-electron chi connectivity index (χ2n) is 4.77. The maximum Gasteiger partial charge on any atom is 0.305 e. The average Bonchev–Trinajstić information content (AvgIpc) is 2.24. The molecule has 1 aromatic carbocycles. The van der Waals surface area contributed by atoms with Crippen molar-refractivity contribution in [3.63, 3.8) is 0 Å². The van der Waals surface area contributed by atoms with Crippen molar-refractivity contribution < 1.29 is 9.90 Å². The van der Waals surface area contributed by atoms with Gasteiger partial charge in [-0.1, -0.05) is 32.0 Å². The number of nitrogens with zero attached hydrogens (tertiary/aromatic N) is 1. The highest BCUT2D eigenvalue weighted by molar-refractivity contribution is 5.68. The van der Waals surface area contributed by atoms with Crippen molar-refractivity contribution in [1.29, 1.82) is 0 Å². The summed E-state index contributed by atoms with van der Waals surface area (Å²) in [5.74, 6) is -0.226. The molecule has 0 heterocycles. The highest BCUT2D eigenvalue weighted by Gasteiger charge is 2.11. The van der Waals surface area contributed by atoms with Crippen LogP contribution < -0.4 is 4.90 Å². The highest BCUT2D eigenvalue weighted by atomic mass is 16.4. The largest absolute Gasteiger partial charge is 0.481 e. The molecule has 1 rings (SSSR count). The molecule has 0 unspecified atom stereocenters. The Balaban J connectivity index is 2.82. The molecule has 3 nitrogen and oxygen atoms in total. The molecule has 0 atom stereocenters. The van der Waals surface area contributed by atoms with Gasteiger partial charge in [0.2, 0.25) is 0 Å². The van der Waals surface area contributed by atoms with Gasteiger partial charge in [-0.15, -0.1) is 0 Å². The Morgan fingerprint density at radius 3 is 2.53 bits per heavy atom. The number of carboxylic acids is 1. The van der Waals surface area contributed by atoms with Gasteiger partial charge in [0, 0.05) is 18.8 Å². The van der Waals surface area contributed by atoms with Crippen LogP contribution in [0.1, 0.15) is 25.8 Å². The molecule has 1 N–H and O–H groups in total. The van der Waals surface area contributed by atoms with Crippen LogP contribution >= 0.6 is 0 Å². The molecule has 0 bridgehead atoms. The van der Waals surface area contributed by atoms with E-state index in [1.165, 1.54) is 5.56 Å². The van der Waals surface area contributed by atoms with Crippen LogP contribution in [-0.4, -0.2) is 24.2 Å². The molecule has 17 heavy (non-hydrogen) atoms. The van der Waals surface area contributed by atoms with Crippen molar-refractivity contribution in [2.45, 2.75) is 27.2 Å². The Kier molecular flexibility index (Phi) is 5.01. The Morgan fingerprint density at radius 1 is 1.35 bits per heavy atom. The molecule has 3 heteroatoms. The number of aryl methyl sites for hydroxylation is 1. The summed E-state index contributed by atoms with van der Waals surface area (Å²) in [7, 11) is 0.